The molecule has 94 valence electrons. The maximum Gasteiger partial charge on any atom is 0.305 e. The van der Waals surface area contributed by atoms with Crippen molar-refractivity contribution in [1.82, 2.24) is 9.97 Å². The predicted octanol–water partition coefficient (Wildman–Crippen LogP) is 1.46. The number of ether oxygens (including phenoxy) is 1. The van der Waals surface area contributed by atoms with E-state index in [2.05, 4.69) is 15.3 Å². The summed E-state index contributed by atoms with van der Waals surface area (Å²) in [6.07, 6.45) is 0.0347. The minimum atomic E-state index is -0.846. The molecule has 1 unspecified atom stereocenters. The van der Waals surface area contributed by atoms with Gasteiger partial charge in [0.1, 0.15) is 11.6 Å². The highest BCUT2D eigenvalue weighted by Crippen LogP contribution is 2.14. The Kier molecular flexibility index (Phi) is 4.68. The van der Waals surface area contributed by atoms with Crippen LogP contribution >= 0.6 is 0 Å². The summed E-state index contributed by atoms with van der Waals surface area (Å²) in [5.41, 5.74) is 0. The molecule has 0 fully saturated rings. The summed E-state index contributed by atoms with van der Waals surface area (Å²) in [5, 5.41) is 11.7. The largest absolute Gasteiger partial charge is 0.481 e. The number of hydrogen-bond acceptors (Lipinski definition) is 5. The van der Waals surface area contributed by atoms with E-state index in [1.54, 1.807) is 19.9 Å². The van der Waals surface area contributed by atoms with Crippen LogP contribution in [0.1, 0.15) is 26.1 Å². The number of nitrogens with zero attached hydrogens (tertiary/aromatic N) is 2. The van der Waals surface area contributed by atoms with Gasteiger partial charge in [0.2, 0.25) is 5.88 Å². The van der Waals surface area contributed by atoms with E-state index in [9.17, 15) is 4.79 Å². The van der Waals surface area contributed by atoms with Gasteiger partial charge in [0, 0.05) is 12.1 Å². The quantitative estimate of drug-likeness (QED) is 0.781. The van der Waals surface area contributed by atoms with Crippen LogP contribution < -0.4 is 10.1 Å². The Bertz CT molecular complexity index is 396. The van der Waals surface area contributed by atoms with Gasteiger partial charge in [-0.1, -0.05) is 0 Å². The molecule has 2 N–H and O–H groups in total. The fourth-order valence-corrected chi connectivity index (χ4v) is 1.40. The average molecular weight is 239 g/mol. The molecule has 0 saturated heterocycles. The molecule has 0 aliphatic heterocycles. The maximum absolute atomic E-state index is 10.5. The van der Waals surface area contributed by atoms with Gasteiger partial charge in [-0.25, -0.2) is 4.98 Å². The predicted molar refractivity (Wildman–Crippen MR) is 63.3 cm³/mol. The van der Waals surface area contributed by atoms with E-state index in [1.165, 1.54) is 0 Å². The first-order valence-electron chi connectivity index (χ1n) is 5.48. The topological polar surface area (TPSA) is 84.3 Å². The summed E-state index contributed by atoms with van der Waals surface area (Å²) >= 11 is 0. The van der Waals surface area contributed by atoms with Gasteiger partial charge < -0.3 is 15.2 Å². The molecular formula is C11H17N3O3. The van der Waals surface area contributed by atoms with Crippen molar-refractivity contribution in [2.24, 2.45) is 0 Å². The van der Waals surface area contributed by atoms with Crippen molar-refractivity contribution in [3.05, 3.63) is 11.9 Å². The number of aryl methyl sites for hydroxylation is 1. The van der Waals surface area contributed by atoms with Crippen molar-refractivity contribution in [2.45, 2.75) is 33.2 Å². The van der Waals surface area contributed by atoms with Crippen LogP contribution in [0, 0.1) is 6.92 Å². The molecule has 1 heterocycles. The first kappa shape index (κ1) is 13.2. The Morgan fingerprint density at radius 1 is 1.59 bits per heavy atom. The van der Waals surface area contributed by atoms with E-state index < -0.39 is 5.97 Å². The number of aromatic nitrogens is 2. The number of carbonyl (C=O) groups is 1. The molecule has 6 nitrogen and oxygen atoms in total. The van der Waals surface area contributed by atoms with Gasteiger partial charge in [0.05, 0.1) is 13.0 Å². The van der Waals surface area contributed by atoms with Crippen molar-refractivity contribution in [3.8, 4) is 5.88 Å². The van der Waals surface area contributed by atoms with E-state index in [-0.39, 0.29) is 12.5 Å². The second-order valence-electron chi connectivity index (χ2n) is 3.71. The number of carboxylic acid groups (broad SMARTS) is 1. The summed E-state index contributed by atoms with van der Waals surface area (Å²) in [4.78, 5) is 18.8. The van der Waals surface area contributed by atoms with Gasteiger partial charge in [-0.15, -0.1) is 0 Å². The number of nitrogens with one attached hydrogen (secondary N) is 1. The Labute approximate surface area is 100 Å². The van der Waals surface area contributed by atoms with E-state index in [1.807, 2.05) is 6.92 Å². The van der Waals surface area contributed by atoms with Crippen molar-refractivity contribution in [2.75, 3.05) is 11.9 Å². The molecule has 0 radical (unpaired) electrons. The van der Waals surface area contributed by atoms with Crippen LogP contribution in [0.3, 0.4) is 0 Å². The zero-order chi connectivity index (χ0) is 12.8. The number of rotatable bonds is 6. The zero-order valence-corrected chi connectivity index (χ0v) is 10.2. The minimum Gasteiger partial charge on any atom is -0.481 e. The third-order valence-electron chi connectivity index (χ3n) is 1.98. The van der Waals surface area contributed by atoms with Crippen LogP contribution in [-0.4, -0.2) is 33.7 Å². The SMILES string of the molecule is CCOc1cc(NC(C)CC(=O)O)nc(C)n1. The number of aliphatic carboxylic acids is 1. The maximum atomic E-state index is 10.5. The molecule has 1 aromatic heterocycles. The average Bonchev–Trinajstić information content (AvgIpc) is 2.14. The number of anilines is 1. The first-order chi connectivity index (χ1) is 8.01. The van der Waals surface area contributed by atoms with Crippen molar-refractivity contribution >= 4 is 11.8 Å². The van der Waals surface area contributed by atoms with E-state index in [4.69, 9.17) is 9.84 Å². The summed E-state index contributed by atoms with van der Waals surface area (Å²) in [7, 11) is 0. The first-order valence-corrected chi connectivity index (χ1v) is 5.48. The summed E-state index contributed by atoms with van der Waals surface area (Å²) < 4.78 is 5.28. The molecule has 0 aromatic carbocycles. The fraction of sp³-hybridized carbons (Fsp3) is 0.545. The lowest BCUT2D eigenvalue weighted by atomic mass is 10.2. The number of hydrogen-bond donors (Lipinski definition) is 2. The highest BCUT2D eigenvalue weighted by atomic mass is 16.5. The highest BCUT2D eigenvalue weighted by molar-refractivity contribution is 5.68. The molecule has 17 heavy (non-hydrogen) atoms. The van der Waals surface area contributed by atoms with Gasteiger partial charge in [-0.3, -0.25) is 4.79 Å². The Hall–Kier alpha value is -1.85. The van der Waals surface area contributed by atoms with Crippen LogP contribution in [-0.2, 0) is 4.79 Å². The van der Waals surface area contributed by atoms with Gasteiger partial charge in [-0.05, 0) is 20.8 Å². The van der Waals surface area contributed by atoms with Gasteiger partial charge >= 0.3 is 5.97 Å². The second-order valence-corrected chi connectivity index (χ2v) is 3.71. The Morgan fingerprint density at radius 3 is 2.88 bits per heavy atom. The van der Waals surface area contributed by atoms with E-state index in [0.717, 1.165) is 0 Å². The standard InChI is InChI=1S/C11H17N3O3/c1-4-17-10-6-9(13-8(3)14-10)12-7(2)5-11(15)16/h6-7H,4-5H2,1-3H3,(H,15,16)(H,12,13,14). The van der Waals surface area contributed by atoms with E-state index >= 15 is 0 Å². The van der Waals surface area contributed by atoms with Gasteiger partial charge in [-0.2, -0.15) is 4.98 Å². The molecule has 1 aromatic rings. The zero-order valence-electron chi connectivity index (χ0n) is 10.2. The monoisotopic (exact) mass is 239 g/mol. The van der Waals surface area contributed by atoms with Crippen LogP contribution in [0.15, 0.2) is 6.07 Å². The molecule has 0 amide bonds. The molecule has 6 heteroatoms. The lowest BCUT2D eigenvalue weighted by Gasteiger charge is -2.13. The third-order valence-corrected chi connectivity index (χ3v) is 1.98. The van der Waals surface area contributed by atoms with Crippen LogP contribution in [0.5, 0.6) is 5.88 Å². The van der Waals surface area contributed by atoms with Gasteiger partial charge in [0.15, 0.2) is 0 Å². The summed E-state index contributed by atoms with van der Waals surface area (Å²) in [6.45, 7) is 5.94. The normalized spacial score (nSPS) is 11.9. The lowest BCUT2D eigenvalue weighted by molar-refractivity contribution is -0.137. The smallest absolute Gasteiger partial charge is 0.305 e. The Balaban J connectivity index is 2.72. The minimum absolute atomic E-state index is 0.0347. The van der Waals surface area contributed by atoms with Crippen molar-refractivity contribution in [1.29, 1.82) is 0 Å². The molecule has 0 saturated carbocycles. The van der Waals surface area contributed by atoms with E-state index in [0.29, 0.717) is 24.1 Å². The highest BCUT2D eigenvalue weighted by Gasteiger charge is 2.09. The molecule has 1 rings (SSSR count). The number of carboxylic acids is 1. The molecule has 0 spiro atoms. The third kappa shape index (κ3) is 4.67. The second kappa shape index (κ2) is 6.03. The molecule has 0 bridgehead atoms. The summed E-state index contributed by atoms with van der Waals surface area (Å²) in [6, 6.07) is 1.46. The van der Waals surface area contributed by atoms with Crippen molar-refractivity contribution < 1.29 is 14.6 Å². The van der Waals surface area contributed by atoms with Crippen LogP contribution in [0.25, 0.3) is 0 Å². The summed E-state index contributed by atoms with van der Waals surface area (Å²) in [5.74, 6) is 0.807. The van der Waals surface area contributed by atoms with Gasteiger partial charge in [0.25, 0.3) is 0 Å². The fourth-order valence-electron chi connectivity index (χ4n) is 1.40. The van der Waals surface area contributed by atoms with Crippen LogP contribution in [0.2, 0.25) is 0 Å². The van der Waals surface area contributed by atoms with Crippen LogP contribution in [0.4, 0.5) is 5.82 Å². The molecular weight excluding hydrogens is 222 g/mol. The lowest BCUT2D eigenvalue weighted by Crippen LogP contribution is -2.20. The Morgan fingerprint density at radius 2 is 2.29 bits per heavy atom. The molecule has 0 aliphatic carbocycles. The molecule has 1 atom stereocenters. The van der Waals surface area contributed by atoms with Crippen molar-refractivity contribution in [3.63, 3.8) is 0 Å². The molecule has 0 aliphatic rings.